The Morgan fingerprint density at radius 2 is 2.05 bits per heavy atom. The quantitative estimate of drug-likeness (QED) is 0.834. The summed E-state index contributed by atoms with van der Waals surface area (Å²) in [7, 11) is 1.84. The zero-order valence-corrected chi connectivity index (χ0v) is 11.9. The predicted molar refractivity (Wildman–Crippen MR) is 74.4 cm³/mol. The van der Waals surface area contributed by atoms with Gasteiger partial charge >= 0.3 is 6.18 Å². The molecule has 120 valence electrons. The van der Waals surface area contributed by atoms with Gasteiger partial charge in [-0.3, -0.25) is 5.10 Å². The molecule has 0 saturated carbocycles. The molecular formula is C14H16F4N4. The van der Waals surface area contributed by atoms with Crippen LogP contribution in [0.25, 0.3) is 11.3 Å². The molecule has 8 heteroatoms. The van der Waals surface area contributed by atoms with E-state index in [0.29, 0.717) is 37.0 Å². The maximum absolute atomic E-state index is 14.0. The highest BCUT2D eigenvalue weighted by molar-refractivity contribution is 5.63. The Morgan fingerprint density at radius 1 is 1.32 bits per heavy atom. The van der Waals surface area contributed by atoms with E-state index in [4.69, 9.17) is 5.73 Å². The first-order valence-corrected chi connectivity index (χ1v) is 6.61. The van der Waals surface area contributed by atoms with Crippen LogP contribution >= 0.6 is 0 Å². The van der Waals surface area contributed by atoms with Gasteiger partial charge in [-0.2, -0.15) is 18.3 Å². The van der Waals surface area contributed by atoms with Crippen molar-refractivity contribution in [2.24, 2.45) is 5.73 Å². The summed E-state index contributed by atoms with van der Waals surface area (Å²) in [4.78, 5) is 1.91. The van der Waals surface area contributed by atoms with E-state index in [9.17, 15) is 17.6 Å². The molecule has 2 aromatic rings. The van der Waals surface area contributed by atoms with E-state index in [-0.39, 0.29) is 5.56 Å². The number of H-pyrrole nitrogens is 1. The summed E-state index contributed by atoms with van der Waals surface area (Å²) in [6.45, 7) is 1.57. The van der Waals surface area contributed by atoms with Gasteiger partial charge in [0.1, 0.15) is 5.82 Å². The van der Waals surface area contributed by atoms with Gasteiger partial charge in [-0.05, 0) is 25.2 Å². The van der Waals surface area contributed by atoms with Crippen LogP contribution in [0.15, 0.2) is 24.4 Å². The van der Waals surface area contributed by atoms with Gasteiger partial charge in [0, 0.05) is 37.0 Å². The molecule has 1 heterocycles. The van der Waals surface area contributed by atoms with Gasteiger partial charge in [0.2, 0.25) is 0 Å². The first kappa shape index (κ1) is 16.4. The molecule has 3 N–H and O–H groups in total. The molecule has 0 aliphatic heterocycles. The van der Waals surface area contributed by atoms with Crippen LogP contribution in [0.3, 0.4) is 0 Å². The molecule has 4 nitrogen and oxygen atoms in total. The van der Waals surface area contributed by atoms with Crippen molar-refractivity contribution in [3.8, 4) is 11.3 Å². The lowest BCUT2D eigenvalue weighted by Crippen LogP contribution is -2.25. The van der Waals surface area contributed by atoms with E-state index in [1.54, 1.807) is 6.20 Å². The predicted octanol–water partition coefficient (Wildman–Crippen LogP) is 2.63. The third kappa shape index (κ3) is 3.63. The molecule has 1 aromatic carbocycles. The number of rotatable bonds is 5. The third-order valence-electron chi connectivity index (χ3n) is 3.22. The Morgan fingerprint density at radius 3 is 2.64 bits per heavy atom. The van der Waals surface area contributed by atoms with E-state index >= 15 is 0 Å². The van der Waals surface area contributed by atoms with E-state index in [1.807, 2.05) is 11.9 Å². The Hall–Kier alpha value is -1.93. The highest BCUT2D eigenvalue weighted by Gasteiger charge is 2.31. The lowest BCUT2D eigenvalue weighted by molar-refractivity contribution is -0.137. The number of benzene rings is 1. The second kappa shape index (κ2) is 6.45. The smallest absolute Gasteiger partial charge is 0.329 e. The molecule has 0 aliphatic carbocycles. The van der Waals surface area contributed by atoms with Crippen molar-refractivity contribution in [1.82, 2.24) is 15.1 Å². The van der Waals surface area contributed by atoms with Crippen molar-refractivity contribution < 1.29 is 17.6 Å². The van der Waals surface area contributed by atoms with Crippen molar-refractivity contribution in [1.29, 1.82) is 0 Å². The minimum Gasteiger partial charge on any atom is -0.329 e. The normalized spacial score (nSPS) is 12.1. The molecule has 0 aliphatic rings. The molecule has 0 spiro atoms. The number of hydrogen-bond donors (Lipinski definition) is 2. The number of nitrogens with one attached hydrogen (secondary N) is 1. The van der Waals surface area contributed by atoms with Gasteiger partial charge in [0.25, 0.3) is 0 Å². The van der Waals surface area contributed by atoms with E-state index in [1.165, 1.54) is 0 Å². The maximum Gasteiger partial charge on any atom is 0.416 e. The molecule has 22 heavy (non-hydrogen) atoms. The molecule has 0 bridgehead atoms. The lowest BCUT2D eigenvalue weighted by atomic mass is 10.0. The van der Waals surface area contributed by atoms with Crippen LogP contribution in [0.4, 0.5) is 17.6 Å². The summed E-state index contributed by atoms with van der Waals surface area (Å²) in [6.07, 6.45) is -2.98. The zero-order chi connectivity index (χ0) is 16.3. The number of alkyl halides is 3. The van der Waals surface area contributed by atoms with Crippen molar-refractivity contribution in [3.63, 3.8) is 0 Å². The molecule has 0 saturated heterocycles. The minimum absolute atomic E-state index is 0.0328. The van der Waals surface area contributed by atoms with Crippen LogP contribution in [0.5, 0.6) is 0 Å². The molecule has 0 unspecified atom stereocenters. The second-order valence-corrected chi connectivity index (χ2v) is 4.98. The van der Waals surface area contributed by atoms with Crippen LogP contribution in [0.2, 0.25) is 0 Å². The average Bonchev–Trinajstić information content (AvgIpc) is 2.85. The topological polar surface area (TPSA) is 57.9 Å². The molecule has 0 atom stereocenters. The summed E-state index contributed by atoms with van der Waals surface area (Å²) in [5, 5.41) is 6.57. The fraction of sp³-hybridized carbons (Fsp3) is 0.357. The first-order chi connectivity index (χ1) is 10.3. The van der Waals surface area contributed by atoms with Gasteiger partial charge in [0.05, 0.1) is 11.3 Å². The number of nitrogens with zero attached hydrogens (tertiary/aromatic N) is 2. The van der Waals surface area contributed by atoms with E-state index < -0.39 is 17.6 Å². The fourth-order valence-corrected chi connectivity index (χ4v) is 2.14. The summed E-state index contributed by atoms with van der Waals surface area (Å²) >= 11 is 0. The summed E-state index contributed by atoms with van der Waals surface area (Å²) in [5.74, 6) is -0.954. The highest BCUT2D eigenvalue weighted by Crippen LogP contribution is 2.33. The lowest BCUT2D eigenvalue weighted by Gasteiger charge is -2.15. The maximum atomic E-state index is 14.0. The van der Waals surface area contributed by atoms with E-state index in [0.717, 1.165) is 12.1 Å². The molecule has 0 fully saturated rings. The van der Waals surface area contributed by atoms with Crippen LogP contribution in [0.1, 0.15) is 11.1 Å². The van der Waals surface area contributed by atoms with Gasteiger partial charge < -0.3 is 10.6 Å². The number of aromatic amines is 1. The number of aromatic nitrogens is 2. The first-order valence-electron chi connectivity index (χ1n) is 6.61. The van der Waals surface area contributed by atoms with Gasteiger partial charge in [0.15, 0.2) is 0 Å². The Labute approximate surface area is 124 Å². The average molecular weight is 316 g/mol. The standard InChI is InChI=1S/C14H16F4N4/c1-22(5-4-19)8-9-7-20-21-13(9)11-3-2-10(6-12(11)15)14(16,17)18/h2-3,6-7H,4-5,8,19H2,1H3,(H,20,21). The molecular weight excluding hydrogens is 300 g/mol. The molecule has 0 amide bonds. The third-order valence-corrected chi connectivity index (χ3v) is 3.22. The monoisotopic (exact) mass is 316 g/mol. The van der Waals surface area contributed by atoms with Gasteiger partial charge in [-0.1, -0.05) is 0 Å². The highest BCUT2D eigenvalue weighted by atomic mass is 19.4. The van der Waals surface area contributed by atoms with Crippen LogP contribution in [0, 0.1) is 5.82 Å². The summed E-state index contributed by atoms with van der Waals surface area (Å²) in [6, 6.07) is 2.43. The summed E-state index contributed by atoms with van der Waals surface area (Å²) in [5.41, 5.74) is 5.46. The Bertz CT molecular complexity index is 636. The van der Waals surface area contributed by atoms with Crippen molar-refractivity contribution in [2.45, 2.75) is 12.7 Å². The van der Waals surface area contributed by atoms with Crippen molar-refractivity contribution >= 4 is 0 Å². The van der Waals surface area contributed by atoms with Gasteiger partial charge in [-0.15, -0.1) is 0 Å². The Balaban J connectivity index is 2.31. The SMILES string of the molecule is CN(CCN)Cc1c[nH]nc1-c1ccc(C(F)(F)F)cc1F. The minimum atomic E-state index is -4.57. The van der Waals surface area contributed by atoms with Crippen molar-refractivity contribution in [3.05, 3.63) is 41.3 Å². The number of likely N-dealkylation sites (N-methyl/N-ethyl adjacent to an activating group) is 1. The number of hydrogen-bond acceptors (Lipinski definition) is 3. The molecule has 1 aromatic heterocycles. The van der Waals surface area contributed by atoms with Crippen LogP contribution in [-0.2, 0) is 12.7 Å². The summed E-state index contributed by atoms with van der Waals surface area (Å²) < 4.78 is 51.7. The molecule has 0 radical (unpaired) electrons. The van der Waals surface area contributed by atoms with Crippen LogP contribution < -0.4 is 5.73 Å². The number of halogens is 4. The van der Waals surface area contributed by atoms with Crippen LogP contribution in [-0.4, -0.2) is 35.2 Å². The van der Waals surface area contributed by atoms with Crippen molar-refractivity contribution in [2.75, 3.05) is 20.1 Å². The van der Waals surface area contributed by atoms with E-state index in [2.05, 4.69) is 10.2 Å². The zero-order valence-electron chi connectivity index (χ0n) is 11.9. The Kier molecular flexibility index (Phi) is 4.82. The fourth-order valence-electron chi connectivity index (χ4n) is 2.14. The largest absolute Gasteiger partial charge is 0.416 e. The number of nitrogens with two attached hydrogens (primary N) is 1. The van der Waals surface area contributed by atoms with Gasteiger partial charge in [-0.25, -0.2) is 4.39 Å². The molecule has 2 rings (SSSR count). The second-order valence-electron chi connectivity index (χ2n) is 4.98.